The van der Waals surface area contributed by atoms with Crippen molar-refractivity contribution in [2.75, 3.05) is 24.4 Å². The van der Waals surface area contributed by atoms with Crippen LogP contribution in [0.1, 0.15) is 26.7 Å². The van der Waals surface area contributed by atoms with Gasteiger partial charge in [-0.2, -0.15) is 0 Å². The quantitative estimate of drug-likeness (QED) is 0.335. The number of nitrogens with zero attached hydrogens (tertiary/aromatic N) is 3. The standard InChI is InChI=1S/C25H29N3O5S2/c1-4-17(2)27(18-13-14-35(31,32)16-18)23(29)15-34-25-26-20-10-6-5-9-19(20)24(30)28(25)21-11-7-8-12-22(21)33-3/h5-12,17-18H,4,13-16H2,1-3H3/t17-,18+/m1/s1. The molecule has 0 aliphatic carbocycles. The normalized spacial score (nSPS) is 17.9. The number of fused-ring (bicyclic) bond motifs is 1. The summed E-state index contributed by atoms with van der Waals surface area (Å²) in [6.45, 7) is 3.91. The third kappa shape index (κ3) is 5.23. The Bertz CT molecular complexity index is 1400. The number of thioether (sulfide) groups is 1. The molecular weight excluding hydrogens is 486 g/mol. The summed E-state index contributed by atoms with van der Waals surface area (Å²) in [6.07, 6.45) is 1.16. The monoisotopic (exact) mass is 515 g/mol. The predicted molar refractivity (Wildman–Crippen MR) is 138 cm³/mol. The van der Waals surface area contributed by atoms with Crippen LogP contribution in [0.4, 0.5) is 0 Å². The lowest BCUT2D eigenvalue weighted by Gasteiger charge is -2.33. The third-order valence-electron chi connectivity index (χ3n) is 6.35. The van der Waals surface area contributed by atoms with Gasteiger partial charge in [0, 0.05) is 12.1 Å². The Hall–Kier alpha value is -2.85. The summed E-state index contributed by atoms with van der Waals surface area (Å²) in [5.74, 6) is 0.469. The van der Waals surface area contributed by atoms with E-state index in [1.165, 1.54) is 23.4 Å². The minimum atomic E-state index is -3.14. The molecule has 0 bridgehead atoms. The Kier molecular flexibility index (Phi) is 7.51. The number of para-hydroxylation sites is 3. The topological polar surface area (TPSA) is 98.6 Å². The molecular formula is C25H29N3O5S2. The first-order valence-electron chi connectivity index (χ1n) is 11.5. The van der Waals surface area contributed by atoms with E-state index in [4.69, 9.17) is 9.72 Å². The molecule has 0 N–H and O–H groups in total. The van der Waals surface area contributed by atoms with Crippen LogP contribution in [0, 0.1) is 0 Å². The number of sulfone groups is 1. The summed E-state index contributed by atoms with van der Waals surface area (Å²) in [7, 11) is -1.60. The van der Waals surface area contributed by atoms with Gasteiger partial charge in [0.05, 0.1) is 41.0 Å². The fourth-order valence-corrected chi connectivity index (χ4v) is 7.02. The second-order valence-corrected chi connectivity index (χ2v) is 11.8. The van der Waals surface area contributed by atoms with Crippen molar-refractivity contribution in [3.63, 3.8) is 0 Å². The lowest BCUT2D eigenvalue weighted by molar-refractivity contribution is -0.132. The largest absolute Gasteiger partial charge is 0.495 e. The number of carbonyl (C=O) groups excluding carboxylic acids is 1. The molecule has 0 saturated carbocycles. The third-order valence-corrected chi connectivity index (χ3v) is 9.02. The summed E-state index contributed by atoms with van der Waals surface area (Å²) < 4.78 is 31.1. The first-order chi connectivity index (χ1) is 16.8. The molecule has 1 amide bonds. The van der Waals surface area contributed by atoms with Gasteiger partial charge in [-0.3, -0.25) is 14.2 Å². The number of ether oxygens (including phenoxy) is 1. The Morgan fingerprint density at radius 1 is 1.23 bits per heavy atom. The van der Waals surface area contributed by atoms with E-state index in [2.05, 4.69) is 0 Å². The highest BCUT2D eigenvalue weighted by molar-refractivity contribution is 7.99. The maximum absolute atomic E-state index is 13.5. The molecule has 1 saturated heterocycles. The molecule has 1 aliphatic heterocycles. The minimum Gasteiger partial charge on any atom is -0.495 e. The summed E-state index contributed by atoms with van der Waals surface area (Å²) >= 11 is 1.17. The average molecular weight is 516 g/mol. The van der Waals surface area contributed by atoms with Crippen molar-refractivity contribution < 1.29 is 17.9 Å². The Morgan fingerprint density at radius 3 is 2.63 bits per heavy atom. The fraction of sp³-hybridized carbons (Fsp3) is 0.400. The van der Waals surface area contributed by atoms with Gasteiger partial charge in [-0.15, -0.1) is 0 Å². The summed E-state index contributed by atoms with van der Waals surface area (Å²) in [5, 5.41) is 0.834. The van der Waals surface area contributed by atoms with Crippen LogP contribution in [0.2, 0.25) is 0 Å². The molecule has 1 aromatic heterocycles. The molecule has 4 rings (SSSR count). The van der Waals surface area contributed by atoms with Crippen LogP contribution < -0.4 is 10.3 Å². The summed E-state index contributed by atoms with van der Waals surface area (Å²) in [4.78, 5) is 33.3. The highest BCUT2D eigenvalue weighted by atomic mass is 32.2. The van der Waals surface area contributed by atoms with Gasteiger partial charge in [0.15, 0.2) is 15.0 Å². The molecule has 186 valence electrons. The number of amides is 1. The van der Waals surface area contributed by atoms with E-state index in [-0.39, 0.29) is 40.8 Å². The highest BCUT2D eigenvalue weighted by Crippen LogP contribution is 2.28. The fourth-order valence-electron chi connectivity index (χ4n) is 4.44. The maximum Gasteiger partial charge on any atom is 0.266 e. The number of hydrogen-bond donors (Lipinski definition) is 0. The Labute approximate surface area is 209 Å². The van der Waals surface area contributed by atoms with Gasteiger partial charge in [-0.1, -0.05) is 43.0 Å². The van der Waals surface area contributed by atoms with Crippen molar-refractivity contribution in [1.82, 2.24) is 14.5 Å². The summed E-state index contributed by atoms with van der Waals surface area (Å²) in [5.41, 5.74) is 0.823. The van der Waals surface area contributed by atoms with Crippen LogP contribution in [0.15, 0.2) is 58.5 Å². The summed E-state index contributed by atoms with van der Waals surface area (Å²) in [6, 6.07) is 13.8. The van der Waals surface area contributed by atoms with E-state index in [0.29, 0.717) is 40.3 Å². The molecule has 0 unspecified atom stereocenters. The van der Waals surface area contributed by atoms with Gasteiger partial charge in [-0.25, -0.2) is 13.4 Å². The zero-order valence-corrected chi connectivity index (χ0v) is 21.6. The maximum atomic E-state index is 13.5. The van der Waals surface area contributed by atoms with Crippen molar-refractivity contribution in [2.24, 2.45) is 0 Å². The van der Waals surface area contributed by atoms with Gasteiger partial charge in [0.2, 0.25) is 5.91 Å². The second kappa shape index (κ2) is 10.4. The molecule has 2 atom stereocenters. The van der Waals surface area contributed by atoms with Crippen LogP contribution in [0.25, 0.3) is 16.6 Å². The number of carbonyl (C=O) groups is 1. The van der Waals surface area contributed by atoms with Crippen molar-refractivity contribution >= 4 is 38.4 Å². The molecule has 1 fully saturated rings. The number of methoxy groups -OCH3 is 1. The van der Waals surface area contributed by atoms with Crippen LogP contribution >= 0.6 is 11.8 Å². The van der Waals surface area contributed by atoms with Crippen LogP contribution in [-0.2, 0) is 14.6 Å². The highest BCUT2D eigenvalue weighted by Gasteiger charge is 2.36. The van der Waals surface area contributed by atoms with Crippen molar-refractivity contribution in [3.05, 3.63) is 58.9 Å². The van der Waals surface area contributed by atoms with Crippen LogP contribution in [0.3, 0.4) is 0 Å². The van der Waals surface area contributed by atoms with E-state index in [0.717, 1.165) is 0 Å². The first-order valence-corrected chi connectivity index (χ1v) is 14.4. The van der Waals surface area contributed by atoms with E-state index >= 15 is 0 Å². The van der Waals surface area contributed by atoms with Crippen molar-refractivity contribution in [1.29, 1.82) is 0 Å². The van der Waals surface area contributed by atoms with E-state index in [1.54, 1.807) is 35.2 Å². The molecule has 1 aliphatic rings. The van der Waals surface area contributed by atoms with Crippen LogP contribution in [-0.4, -0.2) is 65.2 Å². The van der Waals surface area contributed by atoms with E-state index < -0.39 is 9.84 Å². The van der Waals surface area contributed by atoms with Crippen LogP contribution in [0.5, 0.6) is 5.75 Å². The molecule has 8 nitrogen and oxygen atoms in total. The molecule has 2 heterocycles. The lowest BCUT2D eigenvalue weighted by Crippen LogP contribution is -2.47. The van der Waals surface area contributed by atoms with Gasteiger partial charge in [0.1, 0.15) is 5.75 Å². The Morgan fingerprint density at radius 2 is 1.94 bits per heavy atom. The number of hydrogen-bond acceptors (Lipinski definition) is 7. The van der Waals surface area contributed by atoms with E-state index in [1.807, 2.05) is 32.0 Å². The van der Waals surface area contributed by atoms with Gasteiger partial charge >= 0.3 is 0 Å². The molecule has 0 spiro atoms. The second-order valence-electron chi connectivity index (χ2n) is 8.63. The van der Waals surface area contributed by atoms with E-state index in [9.17, 15) is 18.0 Å². The predicted octanol–water partition coefficient (Wildman–Crippen LogP) is 3.30. The molecule has 0 radical (unpaired) electrons. The molecule has 10 heteroatoms. The SMILES string of the molecule is CC[C@@H](C)N(C(=O)CSc1nc2ccccc2c(=O)n1-c1ccccc1OC)[C@H]1CCS(=O)(=O)C1. The first kappa shape index (κ1) is 25.2. The zero-order chi connectivity index (χ0) is 25.2. The number of rotatable bonds is 8. The average Bonchev–Trinajstić information content (AvgIpc) is 3.21. The van der Waals surface area contributed by atoms with Gasteiger partial charge < -0.3 is 9.64 Å². The van der Waals surface area contributed by atoms with Gasteiger partial charge in [0.25, 0.3) is 5.56 Å². The molecule has 3 aromatic rings. The lowest BCUT2D eigenvalue weighted by atomic mass is 10.1. The van der Waals surface area contributed by atoms with Gasteiger partial charge in [-0.05, 0) is 44.0 Å². The number of aromatic nitrogens is 2. The smallest absolute Gasteiger partial charge is 0.266 e. The zero-order valence-electron chi connectivity index (χ0n) is 20.0. The minimum absolute atomic E-state index is 0.00606. The van der Waals surface area contributed by atoms with Crippen molar-refractivity contribution in [2.45, 2.75) is 43.9 Å². The Balaban J connectivity index is 1.72. The molecule has 2 aromatic carbocycles. The number of benzene rings is 2. The molecule has 35 heavy (non-hydrogen) atoms. The van der Waals surface area contributed by atoms with Crippen molar-refractivity contribution in [3.8, 4) is 11.4 Å².